The third-order valence-corrected chi connectivity index (χ3v) is 2.16. The largest absolute Gasteiger partial charge is 0.493 e. The Bertz CT molecular complexity index is 372. The molecule has 0 aliphatic rings. The third-order valence-electron chi connectivity index (χ3n) is 1.94. The van der Waals surface area contributed by atoms with Gasteiger partial charge in [0.15, 0.2) is 6.29 Å². The summed E-state index contributed by atoms with van der Waals surface area (Å²) >= 11 is 5.89. The lowest BCUT2D eigenvalue weighted by Crippen LogP contribution is -2.00. The number of halogens is 1. The van der Waals surface area contributed by atoms with Gasteiger partial charge in [0.2, 0.25) is 0 Å². The predicted octanol–water partition coefficient (Wildman–Crippen LogP) is 3.28. The molecule has 0 saturated carbocycles. The zero-order valence-electron chi connectivity index (χ0n) is 8.63. The van der Waals surface area contributed by atoms with Crippen molar-refractivity contribution in [2.24, 2.45) is 0 Å². The fourth-order valence-corrected chi connectivity index (χ4v) is 1.64. The molecule has 0 fully saturated rings. The lowest BCUT2D eigenvalue weighted by molar-refractivity contribution is 0.111. The molecule has 0 radical (unpaired) electrons. The van der Waals surface area contributed by atoms with Gasteiger partial charge in [-0.15, -0.1) is 6.58 Å². The van der Waals surface area contributed by atoms with Crippen LogP contribution in [0, 0.1) is 0 Å². The second-order valence-corrected chi connectivity index (χ2v) is 3.46. The molecule has 0 saturated heterocycles. The molecule has 0 N–H and O–H groups in total. The van der Waals surface area contributed by atoms with Crippen molar-refractivity contribution in [3.8, 4) is 5.75 Å². The Morgan fingerprint density at radius 1 is 1.53 bits per heavy atom. The molecule has 0 aromatic heterocycles. The number of rotatable bonds is 5. The van der Waals surface area contributed by atoms with E-state index in [0.717, 1.165) is 11.8 Å². The van der Waals surface area contributed by atoms with Crippen molar-refractivity contribution in [1.29, 1.82) is 0 Å². The molecule has 1 rings (SSSR count). The molecule has 80 valence electrons. The summed E-state index contributed by atoms with van der Waals surface area (Å²) < 4.78 is 5.43. The molecule has 0 spiro atoms. The zero-order chi connectivity index (χ0) is 11.3. The molecule has 3 heteroatoms. The number of allylic oxidation sites excluding steroid dienone is 1. The lowest BCUT2D eigenvalue weighted by atomic mass is 10.1. The third kappa shape index (κ3) is 2.83. The molecular weight excluding hydrogens is 212 g/mol. The van der Waals surface area contributed by atoms with Gasteiger partial charge in [0, 0.05) is 10.6 Å². The van der Waals surface area contributed by atoms with Gasteiger partial charge in [-0.05, 0) is 25.5 Å². The Morgan fingerprint density at radius 3 is 2.80 bits per heavy atom. The molecule has 0 atom stereocenters. The molecule has 0 aliphatic carbocycles. The molecule has 1 aromatic carbocycles. The zero-order valence-corrected chi connectivity index (χ0v) is 9.38. The number of benzene rings is 1. The van der Waals surface area contributed by atoms with E-state index in [0.29, 0.717) is 29.4 Å². The average molecular weight is 225 g/mol. The van der Waals surface area contributed by atoms with Gasteiger partial charge in [-0.2, -0.15) is 0 Å². The normalized spacial score (nSPS) is 9.73. The van der Waals surface area contributed by atoms with E-state index in [1.54, 1.807) is 18.2 Å². The highest BCUT2D eigenvalue weighted by molar-refractivity contribution is 6.31. The summed E-state index contributed by atoms with van der Waals surface area (Å²) in [5.74, 6) is 0.608. The minimum Gasteiger partial charge on any atom is -0.493 e. The first-order valence-electron chi connectivity index (χ1n) is 4.74. The van der Waals surface area contributed by atoms with Crippen LogP contribution in [0.2, 0.25) is 5.02 Å². The van der Waals surface area contributed by atoms with Crippen molar-refractivity contribution in [1.82, 2.24) is 0 Å². The van der Waals surface area contributed by atoms with Crippen LogP contribution in [-0.4, -0.2) is 12.9 Å². The van der Waals surface area contributed by atoms with Crippen LogP contribution >= 0.6 is 11.6 Å². The van der Waals surface area contributed by atoms with Crippen LogP contribution in [0.5, 0.6) is 5.75 Å². The number of hydrogen-bond acceptors (Lipinski definition) is 2. The highest BCUT2D eigenvalue weighted by atomic mass is 35.5. The summed E-state index contributed by atoms with van der Waals surface area (Å²) in [6, 6.07) is 3.40. The van der Waals surface area contributed by atoms with Crippen LogP contribution < -0.4 is 4.74 Å². The van der Waals surface area contributed by atoms with Crippen molar-refractivity contribution >= 4 is 17.9 Å². The highest BCUT2D eigenvalue weighted by Crippen LogP contribution is 2.28. The first-order valence-corrected chi connectivity index (χ1v) is 5.12. The standard InChI is InChI=1S/C12H13ClO2/c1-3-5-9-6-11(13)7-10(8-14)12(9)15-4-2/h3,6-8H,1,4-5H2,2H3. The van der Waals surface area contributed by atoms with Crippen molar-refractivity contribution in [2.45, 2.75) is 13.3 Å². The van der Waals surface area contributed by atoms with Gasteiger partial charge >= 0.3 is 0 Å². The van der Waals surface area contributed by atoms with Gasteiger partial charge in [-0.25, -0.2) is 0 Å². The maximum Gasteiger partial charge on any atom is 0.153 e. The van der Waals surface area contributed by atoms with E-state index in [-0.39, 0.29) is 0 Å². The molecule has 0 aliphatic heterocycles. The fourth-order valence-electron chi connectivity index (χ4n) is 1.39. The SMILES string of the molecule is C=CCc1cc(Cl)cc(C=O)c1OCC. The maximum absolute atomic E-state index is 10.8. The van der Waals surface area contributed by atoms with Crippen molar-refractivity contribution in [3.63, 3.8) is 0 Å². The molecule has 1 aromatic rings. The van der Waals surface area contributed by atoms with Crippen LogP contribution in [-0.2, 0) is 6.42 Å². The molecular formula is C12H13ClO2. The van der Waals surface area contributed by atoms with E-state index >= 15 is 0 Å². The van der Waals surface area contributed by atoms with E-state index in [1.165, 1.54) is 0 Å². The molecule has 0 heterocycles. The van der Waals surface area contributed by atoms with E-state index in [4.69, 9.17) is 16.3 Å². The Labute approximate surface area is 94.5 Å². The maximum atomic E-state index is 10.8. The summed E-state index contributed by atoms with van der Waals surface area (Å²) in [7, 11) is 0. The van der Waals surface area contributed by atoms with Gasteiger partial charge in [-0.3, -0.25) is 4.79 Å². The minimum absolute atomic E-state index is 0.487. The lowest BCUT2D eigenvalue weighted by Gasteiger charge is -2.11. The van der Waals surface area contributed by atoms with Crippen LogP contribution in [0.3, 0.4) is 0 Å². The number of hydrogen-bond donors (Lipinski definition) is 0. The number of carbonyl (C=O) groups excluding carboxylic acids is 1. The summed E-state index contributed by atoms with van der Waals surface area (Å²) in [4.78, 5) is 10.8. The van der Waals surface area contributed by atoms with Gasteiger partial charge in [0.1, 0.15) is 5.75 Å². The Hall–Kier alpha value is -1.28. The van der Waals surface area contributed by atoms with E-state index < -0.39 is 0 Å². The smallest absolute Gasteiger partial charge is 0.153 e. The van der Waals surface area contributed by atoms with Gasteiger partial charge < -0.3 is 4.74 Å². The first kappa shape index (κ1) is 11.8. The van der Waals surface area contributed by atoms with E-state index in [1.807, 2.05) is 6.92 Å². The van der Waals surface area contributed by atoms with Crippen LogP contribution in [0.4, 0.5) is 0 Å². The van der Waals surface area contributed by atoms with Crippen LogP contribution in [0.25, 0.3) is 0 Å². The number of aldehydes is 1. The number of ether oxygens (including phenoxy) is 1. The fraction of sp³-hybridized carbons (Fsp3) is 0.250. The minimum atomic E-state index is 0.487. The summed E-state index contributed by atoms with van der Waals surface area (Å²) in [6.45, 7) is 6.05. The van der Waals surface area contributed by atoms with Gasteiger partial charge in [-0.1, -0.05) is 17.7 Å². The number of carbonyl (C=O) groups is 1. The topological polar surface area (TPSA) is 26.3 Å². The predicted molar refractivity (Wildman–Crippen MR) is 61.9 cm³/mol. The second-order valence-electron chi connectivity index (χ2n) is 3.03. The summed E-state index contributed by atoms with van der Waals surface area (Å²) in [6.07, 6.45) is 3.14. The monoisotopic (exact) mass is 224 g/mol. The van der Waals surface area contributed by atoms with Crippen molar-refractivity contribution < 1.29 is 9.53 Å². The van der Waals surface area contributed by atoms with Crippen LogP contribution in [0.1, 0.15) is 22.8 Å². The van der Waals surface area contributed by atoms with Gasteiger partial charge in [0.05, 0.1) is 12.2 Å². The van der Waals surface area contributed by atoms with Crippen molar-refractivity contribution in [3.05, 3.63) is 40.9 Å². The van der Waals surface area contributed by atoms with E-state index in [9.17, 15) is 4.79 Å². The average Bonchev–Trinajstić information content (AvgIpc) is 2.22. The Kier molecular flexibility index (Phi) is 4.37. The van der Waals surface area contributed by atoms with Crippen molar-refractivity contribution in [2.75, 3.05) is 6.61 Å². The molecule has 15 heavy (non-hydrogen) atoms. The summed E-state index contributed by atoms with van der Waals surface area (Å²) in [5.41, 5.74) is 1.38. The summed E-state index contributed by atoms with van der Waals surface area (Å²) in [5, 5.41) is 0.539. The Morgan fingerprint density at radius 2 is 2.27 bits per heavy atom. The molecule has 0 unspecified atom stereocenters. The molecule has 2 nitrogen and oxygen atoms in total. The second kappa shape index (κ2) is 5.56. The quantitative estimate of drug-likeness (QED) is 0.567. The molecule has 0 amide bonds. The van der Waals surface area contributed by atoms with Gasteiger partial charge in [0.25, 0.3) is 0 Å². The Balaban J connectivity index is 3.25. The van der Waals surface area contributed by atoms with E-state index in [2.05, 4.69) is 6.58 Å². The molecule has 0 bridgehead atoms. The van der Waals surface area contributed by atoms with Crippen LogP contribution in [0.15, 0.2) is 24.8 Å². The highest BCUT2D eigenvalue weighted by Gasteiger charge is 2.10. The first-order chi connectivity index (χ1) is 7.22.